The summed E-state index contributed by atoms with van der Waals surface area (Å²) in [5.74, 6) is 3.70. The highest BCUT2D eigenvalue weighted by atomic mass is 16.7. The first kappa shape index (κ1) is 32.2. The van der Waals surface area contributed by atoms with E-state index in [1.54, 1.807) is 12.5 Å². The number of aromatic nitrogens is 1. The lowest BCUT2D eigenvalue weighted by Crippen LogP contribution is -2.56. The number of ether oxygens (including phenoxy) is 4. The summed E-state index contributed by atoms with van der Waals surface area (Å²) in [5.41, 5.74) is 0.616. The van der Waals surface area contributed by atoms with Gasteiger partial charge in [0, 0.05) is 13.2 Å². The average Bonchev–Trinajstić information content (AvgIpc) is 3.23. The lowest BCUT2D eigenvalue weighted by Gasteiger charge is -2.60. The van der Waals surface area contributed by atoms with E-state index in [1.165, 1.54) is 51.4 Å². The third kappa shape index (κ3) is 4.85. The summed E-state index contributed by atoms with van der Waals surface area (Å²) < 4.78 is 31.7. The fourth-order valence-electron chi connectivity index (χ4n) is 13.3. The van der Waals surface area contributed by atoms with Gasteiger partial charge in [-0.2, -0.15) is 0 Å². The zero-order chi connectivity index (χ0) is 32.1. The molecule has 0 radical (unpaired) electrons. The van der Waals surface area contributed by atoms with Gasteiger partial charge in [0.1, 0.15) is 12.4 Å². The van der Waals surface area contributed by atoms with E-state index < -0.39 is 5.60 Å². The minimum absolute atomic E-state index is 0.0139. The Kier molecular flexibility index (Phi) is 7.87. The third-order valence-corrected chi connectivity index (χ3v) is 15.2. The van der Waals surface area contributed by atoms with Crippen molar-refractivity contribution < 1.29 is 28.5 Å². The Balaban J connectivity index is 0.952. The van der Waals surface area contributed by atoms with Gasteiger partial charge in [-0.3, -0.25) is 4.90 Å². The third-order valence-electron chi connectivity index (χ3n) is 15.2. The van der Waals surface area contributed by atoms with Crippen molar-refractivity contribution in [1.29, 1.82) is 0 Å². The van der Waals surface area contributed by atoms with Gasteiger partial charge in [0.2, 0.25) is 5.89 Å². The first-order valence-electron chi connectivity index (χ1n) is 18.8. The highest BCUT2D eigenvalue weighted by molar-refractivity contribution is 5.29. The van der Waals surface area contributed by atoms with Crippen LogP contribution in [0.3, 0.4) is 0 Å². The van der Waals surface area contributed by atoms with Crippen molar-refractivity contribution in [2.24, 2.45) is 45.3 Å². The minimum Gasteiger partial charge on any atom is -0.448 e. The molecular formula is C38H60N2O6. The molecule has 7 aliphatic rings. The van der Waals surface area contributed by atoms with E-state index in [9.17, 15) is 5.11 Å². The van der Waals surface area contributed by atoms with Gasteiger partial charge in [-0.05, 0) is 130 Å². The molecule has 12 atom stereocenters. The van der Waals surface area contributed by atoms with E-state index in [2.05, 4.69) is 30.7 Å². The van der Waals surface area contributed by atoms with Crippen LogP contribution in [-0.4, -0.2) is 77.6 Å². The highest BCUT2D eigenvalue weighted by Crippen LogP contribution is 2.87. The summed E-state index contributed by atoms with van der Waals surface area (Å²) in [4.78, 5) is 6.68. The Bertz CT molecular complexity index is 1250. The average molecular weight is 641 g/mol. The van der Waals surface area contributed by atoms with Gasteiger partial charge in [-0.15, -0.1) is 0 Å². The lowest BCUT2D eigenvalue weighted by atomic mass is 9.46. The maximum absolute atomic E-state index is 10.9. The number of aliphatic hydroxyl groups is 1. The normalized spacial score (nSPS) is 47.2. The van der Waals surface area contributed by atoms with E-state index >= 15 is 0 Å². The summed E-state index contributed by atoms with van der Waals surface area (Å²) in [6.07, 6.45) is 16.2. The van der Waals surface area contributed by atoms with E-state index in [0.717, 1.165) is 49.6 Å². The van der Waals surface area contributed by atoms with Crippen molar-refractivity contribution in [2.45, 2.75) is 149 Å². The zero-order valence-electron chi connectivity index (χ0n) is 29.3. The molecule has 8 nitrogen and oxygen atoms in total. The van der Waals surface area contributed by atoms with Crippen molar-refractivity contribution >= 4 is 0 Å². The Morgan fingerprint density at radius 1 is 1.04 bits per heavy atom. The molecule has 2 aliphatic heterocycles. The second kappa shape index (κ2) is 11.2. The zero-order valence-corrected chi connectivity index (χ0v) is 29.3. The second-order valence-electron chi connectivity index (χ2n) is 17.9. The maximum atomic E-state index is 10.9. The number of rotatable bonds is 8. The first-order valence-corrected chi connectivity index (χ1v) is 18.8. The fourth-order valence-corrected chi connectivity index (χ4v) is 13.3. The molecule has 0 amide bonds. The van der Waals surface area contributed by atoms with E-state index in [4.69, 9.17) is 23.4 Å². The molecule has 1 aromatic heterocycles. The molecule has 2 spiro atoms. The lowest BCUT2D eigenvalue weighted by molar-refractivity contribution is -0.246. The van der Waals surface area contributed by atoms with Crippen LogP contribution >= 0.6 is 0 Å². The summed E-state index contributed by atoms with van der Waals surface area (Å²) in [5, 5.41) is 10.9. The van der Waals surface area contributed by atoms with Gasteiger partial charge in [0.05, 0.1) is 49.8 Å². The topological polar surface area (TPSA) is 86.4 Å². The molecule has 258 valence electrons. The Labute approximate surface area is 276 Å². The van der Waals surface area contributed by atoms with Gasteiger partial charge in [0.15, 0.2) is 6.29 Å². The van der Waals surface area contributed by atoms with E-state index in [-0.39, 0.29) is 30.0 Å². The number of oxazole rings is 1. The molecule has 0 bridgehead atoms. The standard InChI is InChI=1S/C38H60N2O6/c1-7-42-33(35(4,5)41)27-10-8-25-28(45-27)20-26-24-9-11-29-34(2,3)30(12-13-38(29)23-37(24,38)15-14-36(25,26)6)46-32-22-40(17-19-44-32)21-31-39-16-18-43-31/h16,18,24-30,32-33,41H,7-15,17,19-23H2,1-6H3/t24?,25?,26?,27?,28?,29?,30-,32?,33-,36?,37-,38+/m0/s1. The van der Waals surface area contributed by atoms with Crippen LogP contribution in [0.15, 0.2) is 16.9 Å². The Hall–Kier alpha value is -1.03. The molecule has 8 unspecified atom stereocenters. The van der Waals surface area contributed by atoms with Crippen LogP contribution < -0.4 is 0 Å². The quantitative estimate of drug-likeness (QED) is 0.340. The van der Waals surface area contributed by atoms with Crippen molar-refractivity contribution in [3.8, 4) is 0 Å². The number of fused-ring (bicyclic) bond motifs is 4. The van der Waals surface area contributed by atoms with Crippen LogP contribution in [0.25, 0.3) is 0 Å². The van der Waals surface area contributed by atoms with Crippen LogP contribution in [0.5, 0.6) is 0 Å². The molecule has 0 aromatic carbocycles. The van der Waals surface area contributed by atoms with Crippen LogP contribution in [-0.2, 0) is 25.5 Å². The molecule has 3 heterocycles. The van der Waals surface area contributed by atoms with Crippen LogP contribution in [0, 0.1) is 45.3 Å². The SMILES string of the molecule is CCO[C@@H](C1CCC2C(CC3C4CCC5C(C)(C)[C@@H](OC6CN(Cc7ncco7)CCO6)CC[C@@]56C[C@@]46CCC23C)O1)C(C)(C)O. The van der Waals surface area contributed by atoms with E-state index in [0.29, 0.717) is 48.0 Å². The first-order chi connectivity index (χ1) is 21.9. The molecule has 8 heteroatoms. The van der Waals surface area contributed by atoms with E-state index in [1.807, 2.05) is 20.8 Å². The summed E-state index contributed by atoms with van der Waals surface area (Å²) in [6, 6.07) is 0. The molecule has 1 N–H and O–H groups in total. The van der Waals surface area contributed by atoms with Gasteiger partial charge in [0.25, 0.3) is 0 Å². The van der Waals surface area contributed by atoms with Crippen molar-refractivity contribution in [2.75, 3.05) is 26.3 Å². The van der Waals surface area contributed by atoms with Crippen molar-refractivity contribution in [1.82, 2.24) is 9.88 Å². The van der Waals surface area contributed by atoms with Gasteiger partial charge >= 0.3 is 0 Å². The van der Waals surface area contributed by atoms with Crippen LogP contribution in [0.2, 0.25) is 0 Å². The molecular weight excluding hydrogens is 580 g/mol. The predicted octanol–water partition coefficient (Wildman–Crippen LogP) is 6.60. The molecule has 1 aromatic rings. The van der Waals surface area contributed by atoms with Gasteiger partial charge in [-0.25, -0.2) is 4.98 Å². The molecule has 46 heavy (non-hydrogen) atoms. The number of hydrogen-bond acceptors (Lipinski definition) is 8. The smallest absolute Gasteiger partial charge is 0.208 e. The molecule has 7 fully saturated rings. The monoisotopic (exact) mass is 640 g/mol. The highest BCUT2D eigenvalue weighted by Gasteiger charge is 2.80. The van der Waals surface area contributed by atoms with Gasteiger partial charge < -0.3 is 28.5 Å². The fraction of sp³-hybridized carbons (Fsp3) is 0.921. The minimum atomic E-state index is -0.902. The second-order valence-corrected chi connectivity index (χ2v) is 17.9. The van der Waals surface area contributed by atoms with Crippen LogP contribution in [0.1, 0.15) is 112 Å². The number of hydrogen-bond donors (Lipinski definition) is 1. The van der Waals surface area contributed by atoms with Gasteiger partial charge in [-0.1, -0.05) is 20.8 Å². The molecule has 5 aliphatic carbocycles. The Morgan fingerprint density at radius 3 is 2.63 bits per heavy atom. The maximum Gasteiger partial charge on any atom is 0.208 e. The summed E-state index contributed by atoms with van der Waals surface area (Å²) in [6.45, 7) is 17.1. The molecule has 2 saturated heterocycles. The molecule has 8 rings (SSSR count). The predicted molar refractivity (Wildman–Crippen MR) is 174 cm³/mol. The number of morpholine rings is 1. The Morgan fingerprint density at radius 2 is 1.87 bits per heavy atom. The van der Waals surface area contributed by atoms with Crippen molar-refractivity contribution in [3.63, 3.8) is 0 Å². The summed E-state index contributed by atoms with van der Waals surface area (Å²) in [7, 11) is 0. The summed E-state index contributed by atoms with van der Waals surface area (Å²) >= 11 is 0. The van der Waals surface area contributed by atoms with Crippen LogP contribution in [0.4, 0.5) is 0 Å². The van der Waals surface area contributed by atoms with Crippen molar-refractivity contribution in [3.05, 3.63) is 18.4 Å². The largest absolute Gasteiger partial charge is 0.448 e. The molecule has 5 saturated carbocycles. The number of nitrogens with zero attached hydrogens (tertiary/aromatic N) is 2.